The van der Waals surface area contributed by atoms with Gasteiger partial charge in [-0.15, -0.1) is 0 Å². The third-order valence-electron chi connectivity index (χ3n) is 4.49. The molecule has 0 unspecified atom stereocenters. The maximum Gasteiger partial charge on any atom is 0.267 e. The van der Waals surface area contributed by atoms with Crippen molar-refractivity contribution in [1.29, 1.82) is 0 Å². The molecule has 1 aliphatic rings. The number of carbonyl (C=O) groups is 1. The molecular weight excluding hydrogens is 306 g/mol. The highest BCUT2D eigenvalue weighted by Crippen LogP contribution is 2.10. The Bertz CT molecular complexity index is 737. The zero-order valence-electron chi connectivity index (χ0n) is 13.9. The lowest BCUT2D eigenvalue weighted by molar-refractivity contribution is -0.130. The molecule has 0 aromatic carbocycles. The first-order chi connectivity index (χ1) is 11.6. The number of amides is 1. The van der Waals surface area contributed by atoms with Crippen molar-refractivity contribution in [2.24, 2.45) is 0 Å². The van der Waals surface area contributed by atoms with Gasteiger partial charge in [-0.1, -0.05) is 6.07 Å². The lowest BCUT2D eigenvalue weighted by Crippen LogP contribution is -2.36. The van der Waals surface area contributed by atoms with Crippen LogP contribution in [0.3, 0.4) is 0 Å². The number of aryl methyl sites for hydroxylation is 1. The Balaban J connectivity index is 1.57. The van der Waals surface area contributed by atoms with Crippen molar-refractivity contribution in [1.82, 2.24) is 25.0 Å². The third-order valence-corrected chi connectivity index (χ3v) is 4.49. The van der Waals surface area contributed by atoms with Crippen molar-refractivity contribution < 1.29 is 4.79 Å². The second-order valence-electron chi connectivity index (χ2n) is 6.23. The van der Waals surface area contributed by atoms with E-state index in [9.17, 15) is 9.59 Å². The summed E-state index contributed by atoms with van der Waals surface area (Å²) in [4.78, 5) is 32.6. The predicted octanol–water partition coefficient (Wildman–Crippen LogP) is 0.683. The van der Waals surface area contributed by atoms with Crippen LogP contribution in [-0.2, 0) is 17.8 Å². The molecular formula is C17H23N5O2. The fourth-order valence-electron chi connectivity index (χ4n) is 3.08. The van der Waals surface area contributed by atoms with Gasteiger partial charge in [0.2, 0.25) is 5.91 Å². The Labute approximate surface area is 140 Å². The van der Waals surface area contributed by atoms with E-state index in [1.807, 2.05) is 17.2 Å². The van der Waals surface area contributed by atoms with E-state index in [-0.39, 0.29) is 17.9 Å². The van der Waals surface area contributed by atoms with Gasteiger partial charge in [0.05, 0.1) is 6.42 Å². The van der Waals surface area contributed by atoms with E-state index in [4.69, 9.17) is 0 Å². The van der Waals surface area contributed by atoms with Crippen LogP contribution in [0.25, 0.3) is 0 Å². The second kappa shape index (κ2) is 7.44. The molecule has 2 aromatic heterocycles. The van der Waals surface area contributed by atoms with Crippen LogP contribution in [-0.4, -0.2) is 57.1 Å². The highest BCUT2D eigenvalue weighted by Gasteiger charge is 2.21. The number of hydrogen-bond acceptors (Lipinski definition) is 4. The van der Waals surface area contributed by atoms with Gasteiger partial charge < -0.3 is 10.00 Å². The maximum atomic E-state index is 12.5. The molecule has 0 saturated carbocycles. The van der Waals surface area contributed by atoms with E-state index >= 15 is 0 Å². The summed E-state index contributed by atoms with van der Waals surface area (Å²) in [6.45, 7) is 5.89. The summed E-state index contributed by atoms with van der Waals surface area (Å²) in [7, 11) is 0. The number of rotatable bonds is 4. The molecule has 2 N–H and O–H groups in total. The maximum absolute atomic E-state index is 12.5. The minimum absolute atomic E-state index is 0.0198. The standard InChI is InChI=1S/C17H23N5O2/c1-13-15(17(24)20-19-13)10-16(23)22-7-3-6-21(8-9-22)12-14-4-2-5-18-11-14/h2,4-5,11H,3,6-10,12H2,1H3,(H2,19,20,24). The second-order valence-corrected chi connectivity index (χ2v) is 6.23. The Morgan fingerprint density at radius 2 is 2.12 bits per heavy atom. The molecule has 0 radical (unpaired) electrons. The molecule has 1 saturated heterocycles. The molecule has 1 fully saturated rings. The molecule has 1 amide bonds. The van der Waals surface area contributed by atoms with Crippen molar-refractivity contribution in [3.8, 4) is 0 Å². The smallest absolute Gasteiger partial charge is 0.267 e. The Morgan fingerprint density at radius 3 is 2.83 bits per heavy atom. The van der Waals surface area contributed by atoms with E-state index in [0.717, 1.165) is 38.3 Å². The normalized spacial score (nSPS) is 16.1. The van der Waals surface area contributed by atoms with Crippen LogP contribution < -0.4 is 5.56 Å². The Hall–Kier alpha value is -2.41. The Kier molecular flexibility index (Phi) is 5.10. The largest absolute Gasteiger partial charge is 0.341 e. The number of hydrogen-bond donors (Lipinski definition) is 2. The number of carbonyl (C=O) groups excluding carboxylic acids is 1. The number of H-pyrrole nitrogens is 2. The summed E-state index contributed by atoms with van der Waals surface area (Å²) >= 11 is 0. The number of aromatic nitrogens is 3. The van der Waals surface area contributed by atoms with Crippen molar-refractivity contribution in [2.45, 2.75) is 26.3 Å². The van der Waals surface area contributed by atoms with Crippen LogP contribution in [0.5, 0.6) is 0 Å². The molecule has 2 aromatic rings. The fraction of sp³-hybridized carbons (Fsp3) is 0.471. The van der Waals surface area contributed by atoms with E-state index in [1.54, 1.807) is 13.1 Å². The number of nitrogens with zero attached hydrogens (tertiary/aromatic N) is 3. The van der Waals surface area contributed by atoms with Crippen LogP contribution in [0.15, 0.2) is 29.3 Å². The summed E-state index contributed by atoms with van der Waals surface area (Å²) in [6.07, 6.45) is 4.76. The van der Waals surface area contributed by atoms with Gasteiger partial charge in [-0.3, -0.25) is 24.6 Å². The molecule has 24 heavy (non-hydrogen) atoms. The zero-order valence-corrected chi connectivity index (χ0v) is 13.9. The molecule has 7 heteroatoms. The molecule has 128 valence electrons. The molecule has 1 aliphatic heterocycles. The SMILES string of the molecule is Cc1[nH][nH]c(=O)c1CC(=O)N1CCCN(Cc2cccnc2)CC1. The van der Waals surface area contributed by atoms with Gasteiger partial charge in [-0.25, -0.2) is 0 Å². The fourth-order valence-corrected chi connectivity index (χ4v) is 3.08. The van der Waals surface area contributed by atoms with Crippen molar-refractivity contribution in [2.75, 3.05) is 26.2 Å². The van der Waals surface area contributed by atoms with Gasteiger partial charge >= 0.3 is 0 Å². The average Bonchev–Trinajstić information content (AvgIpc) is 2.79. The van der Waals surface area contributed by atoms with Gasteiger partial charge in [0.15, 0.2) is 0 Å². The third kappa shape index (κ3) is 3.91. The molecule has 0 bridgehead atoms. The van der Waals surface area contributed by atoms with E-state index in [2.05, 4.69) is 26.1 Å². The lowest BCUT2D eigenvalue weighted by atomic mass is 10.1. The van der Waals surface area contributed by atoms with Crippen molar-refractivity contribution in [3.63, 3.8) is 0 Å². The van der Waals surface area contributed by atoms with Crippen LogP contribution in [0.1, 0.15) is 23.2 Å². The monoisotopic (exact) mass is 329 g/mol. The number of pyridine rings is 1. The van der Waals surface area contributed by atoms with Gasteiger partial charge in [-0.05, 0) is 25.0 Å². The molecule has 3 heterocycles. The minimum Gasteiger partial charge on any atom is -0.341 e. The minimum atomic E-state index is -0.200. The lowest BCUT2D eigenvalue weighted by Gasteiger charge is -2.22. The van der Waals surface area contributed by atoms with Crippen LogP contribution in [0.4, 0.5) is 0 Å². The van der Waals surface area contributed by atoms with Crippen LogP contribution in [0.2, 0.25) is 0 Å². The molecule has 3 rings (SSSR count). The van der Waals surface area contributed by atoms with E-state index in [0.29, 0.717) is 12.1 Å². The highest BCUT2D eigenvalue weighted by molar-refractivity contribution is 5.79. The molecule has 0 aliphatic carbocycles. The van der Waals surface area contributed by atoms with Gasteiger partial charge in [-0.2, -0.15) is 0 Å². The quantitative estimate of drug-likeness (QED) is 0.864. The highest BCUT2D eigenvalue weighted by atomic mass is 16.2. The molecule has 0 spiro atoms. The summed E-state index contributed by atoms with van der Waals surface area (Å²) < 4.78 is 0. The predicted molar refractivity (Wildman–Crippen MR) is 90.6 cm³/mol. The summed E-state index contributed by atoms with van der Waals surface area (Å²) in [5.41, 5.74) is 2.26. The molecule has 0 atom stereocenters. The average molecular weight is 329 g/mol. The first-order valence-corrected chi connectivity index (χ1v) is 8.28. The van der Waals surface area contributed by atoms with E-state index in [1.165, 1.54) is 5.56 Å². The first kappa shape index (κ1) is 16.4. The first-order valence-electron chi connectivity index (χ1n) is 8.28. The number of aromatic amines is 2. The van der Waals surface area contributed by atoms with E-state index < -0.39 is 0 Å². The van der Waals surface area contributed by atoms with Crippen LogP contribution in [0, 0.1) is 6.92 Å². The van der Waals surface area contributed by atoms with Crippen molar-refractivity contribution in [3.05, 3.63) is 51.7 Å². The summed E-state index contributed by atoms with van der Waals surface area (Å²) in [5, 5.41) is 5.30. The topological polar surface area (TPSA) is 85.1 Å². The van der Waals surface area contributed by atoms with Gasteiger partial charge in [0.25, 0.3) is 5.56 Å². The van der Waals surface area contributed by atoms with Crippen LogP contribution >= 0.6 is 0 Å². The van der Waals surface area contributed by atoms with Crippen molar-refractivity contribution >= 4 is 5.91 Å². The van der Waals surface area contributed by atoms with Gasteiger partial charge in [0, 0.05) is 56.4 Å². The number of nitrogens with one attached hydrogen (secondary N) is 2. The zero-order chi connectivity index (χ0) is 16.9. The molecule has 7 nitrogen and oxygen atoms in total. The Morgan fingerprint density at radius 1 is 1.25 bits per heavy atom. The van der Waals surface area contributed by atoms with Gasteiger partial charge in [0.1, 0.15) is 0 Å². The summed E-state index contributed by atoms with van der Waals surface area (Å²) in [5.74, 6) is 0.0198. The summed E-state index contributed by atoms with van der Waals surface area (Å²) in [6, 6.07) is 4.02.